The van der Waals surface area contributed by atoms with Crippen LogP contribution in [-0.2, 0) is 19.3 Å². The molecule has 2 aromatic rings. The van der Waals surface area contributed by atoms with Crippen LogP contribution in [0.15, 0.2) is 24.5 Å². The predicted octanol–water partition coefficient (Wildman–Crippen LogP) is 2.06. The van der Waals surface area contributed by atoms with E-state index in [9.17, 15) is 8.78 Å². The molecule has 6 heteroatoms. The Bertz CT molecular complexity index is 664. The van der Waals surface area contributed by atoms with Crippen LogP contribution in [0.2, 0.25) is 0 Å². The Labute approximate surface area is 127 Å². The molecular formula is C16H17F2N3O. The van der Waals surface area contributed by atoms with Crippen LogP contribution >= 0.6 is 0 Å². The fourth-order valence-corrected chi connectivity index (χ4v) is 2.57. The molecule has 3 rings (SSSR count). The van der Waals surface area contributed by atoms with Gasteiger partial charge < -0.3 is 10.1 Å². The fourth-order valence-electron chi connectivity index (χ4n) is 2.57. The van der Waals surface area contributed by atoms with E-state index in [1.54, 1.807) is 6.07 Å². The minimum Gasteiger partial charge on any atom is -0.477 e. The normalized spacial score (nSPS) is 14.3. The van der Waals surface area contributed by atoms with Gasteiger partial charge in [0.05, 0.1) is 12.3 Å². The van der Waals surface area contributed by atoms with Crippen molar-refractivity contribution in [1.82, 2.24) is 15.3 Å². The molecule has 0 aliphatic carbocycles. The predicted molar refractivity (Wildman–Crippen MR) is 77.9 cm³/mol. The van der Waals surface area contributed by atoms with E-state index in [4.69, 9.17) is 4.74 Å². The first-order valence-corrected chi connectivity index (χ1v) is 7.35. The van der Waals surface area contributed by atoms with Crippen LogP contribution in [0, 0.1) is 11.6 Å². The van der Waals surface area contributed by atoms with E-state index in [2.05, 4.69) is 15.3 Å². The van der Waals surface area contributed by atoms with Crippen LogP contribution in [0.4, 0.5) is 8.78 Å². The Morgan fingerprint density at radius 2 is 2.00 bits per heavy atom. The Kier molecular flexibility index (Phi) is 4.58. The van der Waals surface area contributed by atoms with Gasteiger partial charge in [-0.2, -0.15) is 0 Å². The van der Waals surface area contributed by atoms with Crippen LogP contribution in [0.25, 0.3) is 0 Å². The fraction of sp³-hybridized carbons (Fsp3) is 0.375. The van der Waals surface area contributed by atoms with E-state index in [0.717, 1.165) is 43.3 Å². The molecule has 0 fully saturated rings. The summed E-state index contributed by atoms with van der Waals surface area (Å²) >= 11 is 0. The molecule has 0 unspecified atom stereocenters. The number of hydrogen-bond donors (Lipinski definition) is 1. The lowest BCUT2D eigenvalue weighted by Crippen LogP contribution is -2.16. The zero-order chi connectivity index (χ0) is 15.4. The number of nitrogens with one attached hydrogen (secondary N) is 1. The largest absolute Gasteiger partial charge is 0.477 e. The van der Waals surface area contributed by atoms with Crippen molar-refractivity contribution in [2.24, 2.45) is 0 Å². The van der Waals surface area contributed by atoms with Gasteiger partial charge in [0.25, 0.3) is 0 Å². The third-order valence-corrected chi connectivity index (χ3v) is 3.73. The summed E-state index contributed by atoms with van der Waals surface area (Å²) in [5, 5.41) is 3.30. The van der Waals surface area contributed by atoms with Crippen molar-refractivity contribution in [3.63, 3.8) is 0 Å². The second kappa shape index (κ2) is 6.79. The van der Waals surface area contributed by atoms with Crippen molar-refractivity contribution in [2.75, 3.05) is 19.7 Å². The molecular weight excluding hydrogens is 288 g/mol. The lowest BCUT2D eigenvalue weighted by molar-refractivity contribution is 0.302. The third kappa shape index (κ3) is 3.22. The zero-order valence-electron chi connectivity index (χ0n) is 12.1. The Morgan fingerprint density at radius 3 is 2.91 bits per heavy atom. The number of aromatic nitrogens is 2. The quantitative estimate of drug-likeness (QED) is 0.939. The Balaban J connectivity index is 1.68. The van der Waals surface area contributed by atoms with Gasteiger partial charge in [0.15, 0.2) is 11.6 Å². The molecule has 116 valence electrons. The monoisotopic (exact) mass is 305 g/mol. The lowest BCUT2D eigenvalue weighted by atomic mass is 10.1. The summed E-state index contributed by atoms with van der Waals surface area (Å²) in [5.74, 6) is -1.10. The van der Waals surface area contributed by atoms with Gasteiger partial charge in [0, 0.05) is 24.9 Å². The average Bonchev–Trinajstić information content (AvgIpc) is 2.77. The molecule has 1 aliphatic rings. The van der Waals surface area contributed by atoms with E-state index in [1.807, 2.05) is 0 Å². The number of fused-ring (bicyclic) bond motifs is 1. The molecule has 0 bridgehead atoms. The SMILES string of the molecule is Fc1cccc(CCOc2ncnc3c2CCNCC3)c1F. The van der Waals surface area contributed by atoms with Crippen LogP contribution in [-0.4, -0.2) is 29.7 Å². The Morgan fingerprint density at radius 1 is 1.14 bits per heavy atom. The smallest absolute Gasteiger partial charge is 0.219 e. The van der Waals surface area contributed by atoms with Crippen LogP contribution in [0.5, 0.6) is 5.88 Å². The number of hydrogen-bond acceptors (Lipinski definition) is 4. The maximum atomic E-state index is 13.6. The van der Waals surface area contributed by atoms with Gasteiger partial charge in [-0.25, -0.2) is 18.7 Å². The highest BCUT2D eigenvalue weighted by Crippen LogP contribution is 2.20. The van der Waals surface area contributed by atoms with Gasteiger partial charge in [-0.1, -0.05) is 12.1 Å². The number of rotatable bonds is 4. The summed E-state index contributed by atoms with van der Waals surface area (Å²) in [6, 6.07) is 4.17. The summed E-state index contributed by atoms with van der Waals surface area (Å²) in [4.78, 5) is 8.47. The van der Waals surface area contributed by atoms with Crippen molar-refractivity contribution in [2.45, 2.75) is 19.3 Å². The van der Waals surface area contributed by atoms with Gasteiger partial charge >= 0.3 is 0 Å². The van der Waals surface area contributed by atoms with Gasteiger partial charge in [0.2, 0.25) is 5.88 Å². The molecule has 0 saturated heterocycles. The molecule has 1 N–H and O–H groups in total. The summed E-state index contributed by atoms with van der Waals surface area (Å²) < 4.78 is 32.4. The number of benzene rings is 1. The molecule has 0 spiro atoms. The van der Waals surface area contributed by atoms with Crippen LogP contribution in [0.3, 0.4) is 0 Å². The highest BCUT2D eigenvalue weighted by molar-refractivity contribution is 5.31. The molecule has 1 aliphatic heterocycles. The summed E-state index contributed by atoms with van der Waals surface area (Å²) in [6.07, 6.45) is 3.43. The minimum atomic E-state index is -0.834. The van der Waals surface area contributed by atoms with Crippen molar-refractivity contribution < 1.29 is 13.5 Å². The van der Waals surface area contributed by atoms with E-state index < -0.39 is 11.6 Å². The van der Waals surface area contributed by atoms with E-state index in [0.29, 0.717) is 17.9 Å². The maximum absolute atomic E-state index is 13.6. The van der Waals surface area contributed by atoms with E-state index >= 15 is 0 Å². The minimum absolute atomic E-state index is 0.247. The van der Waals surface area contributed by atoms with Crippen molar-refractivity contribution in [3.8, 4) is 5.88 Å². The molecule has 0 saturated carbocycles. The van der Waals surface area contributed by atoms with E-state index in [1.165, 1.54) is 12.4 Å². The molecule has 22 heavy (non-hydrogen) atoms. The first-order chi connectivity index (χ1) is 10.8. The molecule has 1 aromatic carbocycles. The molecule has 4 nitrogen and oxygen atoms in total. The number of halogens is 2. The van der Waals surface area contributed by atoms with Gasteiger partial charge in [0.1, 0.15) is 6.33 Å². The van der Waals surface area contributed by atoms with Crippen LogP contribution in [0.1, 0.15) is 16.8 Å². The molecule has 0 atom stereocenters. The average molecular weight is 305 g/mol. The second-order valence-corrected chi connectivity index (χ2v) is 5.17. The third-order valence-electron chi connectivity index (χ3n) is 3.73. The standard InChI is InChI=1S/C16H17F2N3O/c17-13-3-1-2-11(15(13)18)6-9-22-16-12-4-7-19-8-5-14(12)20-10-21-16/h1-3,10,19H,4-9H2. The molecule has 0 radical (unpaired) electrons. The highest BCUT2D eigenvalue weighted by atomic mass is 19.2. The molecule has 2 heterocycles. The van der Waals surface area contributed by atoms with E-state index in [-0.39, 0.29) is 6.61 Å². The van der Waals surface area contributed by atoms with Crippen molar-refractivity contribution in [1.29, 1.82) is 0 Å². The summed E-state index contributed by atoms with van der Waals surface area (Å²) in [6.45, 7) is 1.99. The summed E-state index contributed by atoms with van der Waals surface area (Å²) in [7, 11) is 0. The van der Waals surface area contributed by atoms with Gasteiger partial charge in [-0.05, 0) is 24.6 Å². The zero-order valence-corrected chi connectivity index (χ0v) is 12.1. The number of ether oxygens (including phenoxy) is 1. The first kappa shape index (κ1) is 14.8. The van der Waals surface area contributed by atoms with Crippen molar-refractivity contribution >= 4 is 0 Å². The van der Waals surface area contributed by atoms with Gasteiger partial charge in [-0.15, -0.1) is 0 Å². The first-order valence-electron chi connectivity index (χ1n) is 7.35. The summed E-state index contributed by atoms with van der Waals surface area (Å²) in [5.41, 5.74) is 2.31. The maximum Gasteiger partial charge on any atom is 0.219 e. The molecule has 0 amide bonds. The second-order valence-electron chi connectivity index (χ2n) is 5.17. The topological polar surface area (TPSA) is 47.0 Å². The number of nitrogens with zero attached hydrogens (tertiary/aromatic N) is 2. The van der Waals surface area contributed by atoms with Crippen molar-refractivity contribution in [3.05, 3.63) is 53.0 Å². The van der Waals surface area contributed by atoms with Crippen LogP contribution < -0.4 is 10.1 Å². The molecule has 1 aromatic heterocycles. The van der Waals surface area contributed by atoms with Gasteiger partial charge in [-0.3, -0.25) is 0 Å². The Hall–Kier alpha value is -2.08. The highest BCUT2D eigenvalue weighted by Gasteiger charge is 2.15. The lowest BCUT2D eigenvalue weighted by Gasteiger charge is -2.11.